The molecule has 130 valence electrons. The van der Waals surface area contributed by atoms with E-state index in [0.717, 1.165) is 20.5 Å². The number of hydrogen-bond donors (Lipinski definition) is 0. The van der Waals surface area contributed by atoms with E-state index < -0.39 is 0 Å². The van der Waals surface area contributed by atoms with Gasteiger partial charge in [0.25, 0.3) is 5.56 Å². The van der Waals surface area contributed by atoms with Gasteiger partial charge in [0, 0.05) is 26.5 Å². The van der Waals surface area contributed by atoms with Crippen LogP contribution in [0.25, 0.3) is 5.69 Å². The molecule has 0 bridgehead atoms. The predicted octanol–water partition coefficient (Wildman–Crippen LogP) is 3.89. The zero-order chi connectivity index (χ0) is 18.3. The molecule has 0 atom stereocenters. The van der Waals surface area contributed by atoms with Crippen LogP contribution < -0.4 is 5.56 Å². The smallest absolute Gasteiger partial charge is 0.273 e. The second-order valence-corrected chi connectivity index (χ2v) is 7.24. The summed E-state index contributed by atoms with van der Waals surface area (Å²) in [6, 6.07) is 14.1. The Hall–Kier alpha value is -2.35. The number of rotatable bonds is 2. The van der Waals surface area contributed by atoms with Gasteiger partial charge in [0.1, 0.15) is 11.6 Å². The normalized spacial score (nSPS) is 12.8. The first-order valence-electron chi connectivity index (χ1n) is 8.30. The average molecular weight is 459 g/mol. The lowest BCUT2D eigenvalue weighted by Crippen LogP contribution is -2.19. The van der Waals surface area contributed by atoms with Crippen LogP contribution >= 0.6 is 22.6 Å². The van der Waals surface area contributed by atoms with Gasteiger partial charge in [-0.3, -0.25) is 14.4 Å². The molecule has 0 aliphatic carbocycles. The van der Waals surface area contributed by atoms with Crippen LogP contribution in [0, 0.1) is 9.39 Å². The SMILES string of the molecule is CCc1cc(=O)nc2n1-c1ccc(I)cc1C(c1ccccc1F)=NC2. The fourth-order valence-corrected chi connectivity index (χ4v) is 3.74. The molecule has 0 amide bonds. The number of aromatic nitrogens is 2. The van der Waals surface area contributed by atoms with Crippen LogP contribution in [0.15, 0.2) is 58.3 Å². The predicted molar refractivity (Wildman–Crippen MR) is 108 cm³/mol. The summed E-state index contributed by atoms with van der Waals surface area (Å²) in [6.07, 6.45) is 0.686. The number of aliphatic imine (C=N–C) groups is 1. The summed E-state index contributed by atoms with van der Waals surface area (Å²) in [5, 5.41) is 0. The third-order valence-corrected chi connectivity index (χ3v) is 5.07. The fourth-order valence-electron chi connectivity index (χ4n) is 3.25. The Kier molecular flexibility index (Phi) is 4.44. The van der Waals surface area contributed by atoms with Gasteiger partial charge in [-0.1, -0.05) is 19.1 Å². The first-order chi connectivity index (χ1) is 12.6. The second kappa shape index (κ2) is 6.75. The molecule has 2 heterocycles. The minimum atomic E-state index is -0.319. The van der Waals surface area contributed by atoms with Crippen molar-refractivity contribution in [2.24, 2.45) is 4.99 Å². The first kappa shape index (κ1) is 17.1. The third-order valence-electron chi connectivity index (χ3n) is 4.40. The first-order valence-corrected chi connectivity index (χ1v) is 9.38. The molecule has 0 N–H and O–H groups in total. The molecule has 0 fully saturated rings. The van der Waals surface area contributed by atoms with E-state index in [2.05, 4.69) is 32.6 Å². The molecular formula is C20H15FIN3O. The van der Waals surface area contributed by atoms with E-state index in [4.69, 9.17) is 0 Å². The lowest BCUT2D eigenvalue weighted by Gasteiger charge is -2.17. The Labute approximate surface area is 163 Å². The van der Waals surface area contributed by atoms with Crippen LogP contribution in [0.4, 0.5) is 4.39 Å². The molecule has 0 saturated carbocycles. The van der Waals surface area contributed by atoms with Crippen molar-refractivity contribution >= 4 is 28.3 Å². The molecule has 6 heteroatoms. The zero-order valence-electron chi connectivity index (χ0n) is 14.0. The zero-order valence-corrected chi connectivity index (χ0v) is 16.2. The van der Waals surface area contributed by atoms with Gasteiger partial charge in [-0.05, 0) is 59.3 Å². The molecule has 4 nitrogen and oxygen atoms in total. The summed E-state index contributed by atoms with van der Waals surface area (Å²) < 4.78 is 17.5. The second-order valence-electron chi connectivity index (χ2n) is 6.00. The number of aryl methyl sites for hydroxylation is 1. The maximum Gasteiger partial charge on any atom is 0.273 e. The van der Waals surface area contributed by atoms with E-state index in [1.54, 1.807) is 24.3 Å². The van der Waals surface area contributed by atoms with Crippen LogP contribution in [0.2, 0.25) is 0 Å². The Morgan fingerprint density at radius 1 is 1.15 bits per heavy atom. The minimum Gasteiger partial charge on any atom is -0.300 e. The topological polar surface area (TPSA) is 47.2 Å². The van der Waals surface area contributed by atoms with Crippen LogP contribution in [0.5, 0.6) is 0 Å². The largest absolute Gasteiger partial charge is 0.300 e. The molecule has 1 aliphatic rings. The number of benzene rings is 2. The molecule has 0 radical (unpaired) electrons. The van der Waals surface area contributed by atoms with E-state index in [-0.39, 0.29) is 17.9 Å². The molecule has 3 aromatic rings. The highest BCUT2D eigenvalue weighted by molar-refractivity contribution is 14.1. The van der Waals surface area contributed by atoms with Crippen LogP contribution in [-0.2, 0) is 13.0 Å². The van der Waals surface area contributed by atoms with Crippen molar-refractivity contribution in [3.05, 3.63) is 90.9 Å². The molecule has 26 heavy (non-hydrogen) atoms. The Morgan fingerprint density at radius 2 is 1.96 bits per heavy atom. The van der Waals surface area contributed by atoms with Crippen molar-refractivity contribution in [3.63, 3.8) is 0 Å². The summed E-state index contributed by atoms with van der Waals surface area (Å²) in [6.45, 7) is 2.22. The van der Waals surface area contributed by atoms with Gasteiger partial charge < -0.3 is 0 Å². The van der Waals surface area contributed by atoms with E-state index in [1.165, 1.54) is 6.07 Å². The van der Waals surface area contributed by atoms with Gasteiger partial charge in [-0.2, -0.15) is 4.98 Å². The van der Waals surface area contributed by atoms with Crippen molar-refractivity contribution in [2.45, 2.75) is 19.9 Å². The highest BCUT2D eigenvalue weighted by atomic mass is 127. The summed E-state index contributed by atoms with van der Waals surface area (Å²) in [5.74, 6) is 0.253. The van der Waals surface area contributed by atoms with Gasteiger partial charge >= 0.3 is 0 Å². The van der Waals surface area contributed by atoms with E-state index in [1.807, 2.05) is 29.7 Å². The Morgan fingerprint density at radius 3 is 2.73 bits per heavy atom. The molecule has 1 aromatic heterocycles. The molecule has 0 saturated heterocycles. The molecule has 0 spiro atoms. The Bertz CT molecular complexity index is 1100. The summed E-state index contributed by atoms with van der Waals surface area (Å²) in [7, 11) is 0. The number of halogens is 2. The molecule has 0 unspecified atom stereocenters. The number of nitrogens with zero attached hydrogens (tertiary/aromatic N) is 3. The minimum absolute atomic E-state index is 0.220. The van der Waals surface area contributed by atoms with Crippen LogP contribution in [0.3, 0.4) is 0 Å². The van der Waals surface area contributed by atoms with Crippen molar-refractivity contribution in [3.8, 4) is 5.69 Å². The lowest BCUT2D eigenvalue weighted by molar-refractivity contribution is 0.625. The van der Waals surface area contributed by atoms with Crippen molar-refractivity contribution in [2.75, 3.05) is 0 Å². The van der Waals surface area contributed by atoms with E-state index >= 15 is 0 Å². The van der Waals surface area contributed by atoms with Gasteiger partial charge in [-0.25, -0.2) is 4.39 Å². The van der Waals surface area contributed by atoms with E-state index in [0.29, 0.717) is 23.5 Å². The molecular weight excluding hydrogens is 444 g/mol. The molecule has 4 rings (SSSR count). The van der Waals surface area contributed by atoms with Crippen molar-refractivity contribution < 1.29 is 4.39 Å². The quantitative estimate of drug-likeness (QED) is 0.547. The standard InChI is InChI=1S/C20H15FIN3O/c1-2-13-10-19(26)24-18-11-23-20(14-5-3-4-6-16(14)21)15-9-12(22)7-8-17(15)25(13)18/h3-10H,2,11H2,1H3. The van der Waals surface area contributed by atoms with Gasteiger partial charge in [-0.15, -0.1) is 0 Å². The highest BCUT2D eigenvalue weighted by Gasteiger charge is 2.22. The van der Waals surface area contributed by atoms with Gasteiger partial charge in [0.2, 0.25) is 0 Å². The molecule has 1 aliphatic heterocycles. The van der Waals surface area contributed by atoms with Crippen molar-refractivity contribution in [1.29, 1.82) is 0 Å². The summed E-state index contributed by atoms with van der Waals surface area (Å²) in [4.78, 5) is 20.8. The maximum absolute atomic E-state index is 14.5. The molecule has 2 aromatic carbocycles. The van der Waals surface area contributed by atoms with Crippen LogP contribution in [-0.4, -0.2) is 15.3 Å². The third kappa shape index (κ3) is 2.88. The lowest BCUT2D eigenvalue weighted by atomic mass is 10.00. The van der Waals surface area contributed by atoms with Gasteiger partial charge in [0.05, 0.1) is 17.9 Å². The fraction of sp³-hybridized carbons (Fsp3) is 0.150. The number of hydrogen-bond acceptors (Lipinski definition) is 3. The van der Waals surface area contributed by atoms with Crippen LogP contribution in [0.1, 0.15) is 29.6 Å². The van der Waals surface area contributed by atoms with Gasteiger partial charge in [0.15, 0.2) is 0 Å². The average Bonchev–Trinajstić information content (AvgIpc) is 2.78. The monoisotopic (exact) mass is 459 g/mol. The highest BCUT2D eigenvalue weighted by Crippen LogP contribution is 2.28. The summed E-state index contributed by atoms with van der Waals surface area (Å²) in [5.41, 5.74) is 3.32. The Balaban J connectivity index is 2.06. The maximum atomic E-state index is 14.5. The van der Waals surface area contributed by atoms with Crippen molar-refractivity contribution in [1.82, 2.24) is 9.55 Å². The summed E-state index contributed by atoms with van der Waals surface area (Å²) >= 11 is 2.24. The number of fused-ring (bicyclic) bond motifs is 3. The van der Waals surface area contributed by atoms with E-state index in [9.17, 15) is 9.18 Å².